The number of carboxylic acid groups (broad SMARTS) is 1. The molecule has 4 nitrogen and oxygen atoms in total. The van der Waals surface area contributed by atoms with Crippen LogP contribution in [0.15, 0.2) is 12.1 Å². The smallest absolute Gasteiger partial charge is 0.304 e. The Morgan fingerprint density at radius 2 is 1.89 bits per heavy atom. The van der Waals surface area contributed by atoms with Gasteiger partial charge in [0, 0.05) is 6.54 Å². The van der Waals surface area contributed by atoms with E-state index in [1.807, 2.05) is 13.8 Å². The van der Waals surface area contributed by atoms with Crippen molar-refractivity contribution < 1.29 is 14.6 Å². The van der Waals surface area contributed by atoms with Crippen LogP contribution in [0.1, 0.15) is 23.1 Å². The first-order valence-electron chi connectivity index (χ1n) is 6.11. The van der Waals surface area contributed by atoms with Gasteiger partial charge in [-0.25, -0.2) is 0 Å². The molecule has 0 atom stereocenters. The summed E-state index contributed by atoms with van der Waals surface area (Å²) in [5.74, 6) is 0.177. The number of rotatable bonds is 7. The molecule has 0 bridgehead atoms. The highest BCUT2D eigenvalue weighted by Crippen LogP contribution is 2.24. The zero-order chi connectivity index (χ0) is 13.5. The molecular formula is C14H21NO3. The molecule has 4 heteroatoms. The van der Waals surface area contributed by atoms with E-state index in [9.17, 15) is 4.79 Å². The van der Waals surface area contributed by atoms with Gasteiger partial charge >= 0.3 is 5.97 Å². The van der Waals surface area contributed by atoms with Crippen LogP contribution in [-0.4, -0.2) is 31.3 Å². The molecule has 0 saturated heterocycles. The molecule has 0 spiro atoms. The van der Waals surface area contributed by atoms with Crippen LogP contribution in [0.5, 0.6) is 5.75 Å². The zero-order valence-corrected chi connectivity index (χ0v) is 11.2. The number of nitrogens with one attached hydrogen (secondary N) is 1. The number of aliphatic carboxylic acids is 1. The number of hydrogen-bond donors (Lipinski definition) is 2. The highest BCUT2D eigenvalue weighted by Gasteiger charge is 2.05. The van der Waals surface area contributed by atoms with Crippen molar-refractivity contribution in [3.8, 4) is 5.75 Å². The average molecular weight is 251 g/mol. The molecule has 0 aliphatic carbocycles. The van der Waals surface area contributed by atoms with Gasteiger partial charge < -0.3 is 15.2 Å². The van der Waals surface area contributed by atoms with Gasteiger partial charge in [-0.2, -0.15) is 0 Å². The Hall–Kier alpha value is -1.55. The summed E-state index contributed by atoms with van der Waals surface area (Å²) in [5.41, 5.74) is 3.52. The molecule has 2 N–H and O–H groups in total. The van der Waals surface area contributed by atoms with Gasteiger partial charge in [-0.3, -0.25) is 4.79 Å². The zero-order valence-electron chi connectivity index (χ0n) is 11.2. The van der Waals surface area contributed by atoms with Crippen molar-refractivity contribution in [2.45, 2.75) is 26.7 Å². The summed E-state index contributed by atoms with van der Waals surface area (Å²) in [7, 11) is 1.68. The predicted molar refractivity (Wildman–Crippen MR) is 71.3 cm³/mol. The van der Waals surface area contributed by atoms with Gasteiger partial charge in [0.05, 0.1) is 13.5 Å². The Bertz CT molecular complexity index is 392. The topological polar surface area (TPSA) is 58.6 Å². The molecular weight excluding hydrogens is 230 g/mol. The summed E-state index contributed by atoms with van der Waals surface area (Å²) in [5, 5.41) is 11.6. The average Bonchev–Trinajstić information content (AvgIpc) is 2.27. The van der Waals surface area contributed by atoms with Crippen LogP contribution in [0, 0.1) is 13.8 Å². The lowest BCUT2D eigenvalue weighted by Crippen LogP contribution is -2.20. The van der Waals surface area contributed by atoms with Gasteiger partial charge in [-0.05, 0) is 43.5 Å². The second-order valence-electron chi connectivity index (χ2n) is 4.41. The SMILES string of the molecule is COc1c(C)cc(CCNCCC(=O)O)cc1C. The van der Waals surface area contributed by atoms with E-state index in [2.05, 4.69) is 17.4 Å². The third-order valence-electron chi connectivity index (χ3n) is 2.83. The minimum absolute atomic E-state index is 0.167. The molecule has 0 heterocycles. The largest absolute Gasteiger partial charge is 0.496 e. The third-order valence-corrected chi connectivity index (χ3v) is 2.83. The van der Waals surface area contributed by atoms with Crippen molar-refractivity contribution in [3.63, 3.8) is 0 Å². The van der Waals surface area contributed by atoms with Crippen molar-refractivity contribution in [1.82, 2.24) is 5.32 Å². The quantitative estimate of drug-likeness (QED) is 0.727. The molecule has 0 amide bonds. The van der Waals surface area contributed by atoms with Gasteiger partial charge in [0.2, 0.25) is 0 Å². The van der Waals surface area contributed by atoms with E-state index < -0.39 is 5.97 Å². The normalized spacial score (nSPS) is 10.4. The Labute approximate surface area is 108 Å². The van der Waals surface area contributed by atoms with Crippen LogP contribution < -0.4 is 10.1 Å². The lowest BCUT2D eigenvalue weighted by molar-refractivity contribution is -0.136. The second kappa shape index (κ2) is 7.01. The van der Waals surface area contributed by atoms with E-state index in [4.69, 9.17) is 9.84 Å². The number of benzene rings is 1. The molecule has 0 fully saturated rings. The van der Waals surface area contributed by atoms with Crippen LogP contribution >= 0.6 is 0 Å². The standard InChI is InChI=1S/C14H21NO3/c1-10-8-12(9-11(2)14(10)18-3)4-6-15-7-5-13(16)17/h8-9,15H,4-7H2,1-3H3,(H,16,17). The lowest BCUT2D eigenvalue weighted by Gasteiger charge is -2.11. The van der Waals surface area contributed by atoms with Crippen LogP contribution in [0.3, 0.4) is 0 Å². The first-order chi connectivity index (χ1) is 8.54. The Morgan fingerprint density at radius 3 is 2.39 bits per heavy atom. The van der Waals surface area contributed by atoms with Crippen LogP contribution in [-0.2, 0) is 11.2 Å². The maximum atomic E-state index is 10.3. The van der Waals surface area contributed by atoms with Gasteiger partial charge in [0.25, 0.3) is 0 Å². The Balaban J connectivity index is 2.46. The van der Waals surface area contributed by atoms with Crippen molar-refractivity contribution in [2.75, 3.05) is 20.2 Å². The van der Waals surface area contributed by atoms with E-state index in [1.54, 1.807) is 7.11 Å². The fourth-order valence-electron chi connectivity index (χ4n) is 2.06. The molecule has 0 aliphatic heterocycles. The van der Waals surface area contributed by atoms with Crippen molar-refractivity contribution in [3.05, 3.63) is 28.8 Å². The number of hydrogen-bond acceptors (Lipinski definition) is 3. The summed E-state index contributed by atoms with van der Waals surface area (Å²) in [4.78, 5) is 10.3. The van der Waals surface area contributed by atoms with Gasteiger partial charge in [-0.15, -0.1) is 0 Å². The number of carbonyl (C=O) groups is 1. The van der Waals surface area contributed by atoms with E-state index >= 15 is 0 Å². The summed E-state index contributed by atoms with van der Waals surface area (Å²) >= 11 is 0. The van der Waals surface area contributed by atoms with E-state index in [1.165, 1.54) is 5.56 Å². The number of methoxy groups -OCH3 is 1. The molecule has 0 saturated carbocycles. The number of carboxylic acids is 1. The van der Waals surface area contributed by atoms with Crippen LogP contribution in [0.25, 0.3) is 0 Å². The molecule has 1 rings (SSSR count). The summed E-state index contributed by atoms with van der Waals surface area (Å²) in [6, 6.07) is 4.23. The molecule has 0 aliphatic rings. The maximum absolute atomic E-state index is 10.3. The molecule has 0 radical (unpaired) electrons. The fourth-order valence-corrected chi connectivity index (χ4v) is 2.06. The van der Waals surface area contributed by atoms with E-state index in [0.29, 0.717) is 6.54 Å². The van der Waals surface area contributed by atoms with Gasteiger partial charge in [0.1, 0.15) is 5.75 Å². The van der Waals surface area contributed by atoms with Crippen molar-refractivity contribution >= 4 is 5.97 Å². The first-order valence-corrected chi connectivity index (χ1v) is 6.11. The van der Waals surface area contributed by atoms with Crippen LogP contribution in [0.2, 0.25) is 0 Å². The summed E-state index contributed by atoms with van der Waals surface area (Å²) in [6.07, 6.45) is 1.06. The highest BCUT2D eigenvalue weighted by molar-refractivity contribution is 5.66. The number of aryl methyl sites for hydroxylation is 2. The van der Waals surface area contributed by atoms with Crippen molar-refractivity contribution in [2.24, 2.45) is 0 Å². The predicted octanol–water partition coefficient (Wildman–Crippen LogP) is 1.92. The maximum Gasteiger partial charge on any atom is 0.304 e. The molecule has 18 heavy (non-hydrogen) atoms. The van der Waals surface area contributed by atoms with Crippen molar-refractivity contribution in [1.29, 1.82) is 0 Å². The molecule has 1 aromatic rings. The number of ether oxygens (including phenoxy) is 1. The first kappa shape index (κ1) is 14.5. The summed E-state index contributed by atoms with van der Waals surface area (Å²) in [6.45, 7) is 5.38. The van der Waals surface area contributed by atoms with E-state index in [-0.39, 0.29) is 6.42 Å². The third kappa shape index (κ3) is 4.37. The molecule has 1 aromatic carbocycles. The van der Waals surface area contributed by atoms with Crippen LogP contribution in [0.4, 0.5) is 0 Å². The molecule has 100 valence electrons. The molecule has 0 aromatic heterocycles. The van der Waals surface area contributed by atoms with Gasteiger partial charge in [0.15, 0.2) is 0 Å². The minimum atomic E-state index is -0.765. The lowest BCUT2D eigenvalue weighted by atomic mass is 10.0. The van der Waals surface area contributed by atoms with E-state index in [0.717, 1.165) is 29.8 Å². The van der Waals surface area contributed by atoms with Gasteiger partial charge in [-0.1, -0.05) is 12.1 Å². The second-order valence-corrected chi connectivity index (χ2v) is 4.41. The molecule has 0 unspecified atom stereocenters. The summed E-state index contributed by atoms with van der Waals surface area (Å²) < 4.78 is 5.32. The fraction of sp³-hybridized carbons (Fsp3) is 0.500. The monoisotopic (exact) mass is 251 g/mol. The highest BCUT2D eigenvalue weighted by atomic mass is 16.5. The Kier molecular flexibility index (Phi) is 5.65. The Morgan fingerprint density at radius 1 is 1.28 bits per heavy atom. The minimum Gasteiger partial charge on any atom is -0.496 e.